The van der Waals surface area contributed by atoms with Crippen LogP contribution in [-0.2, 0) is 20.6 Å². The second-order valence-corrected chi connectivity index (χ2v) is 8.03. The van der Waals surface area contributed by atoms with E-state index in [1.807, 2.05) is 0 Å². The molecule has 116 valence electrons. The molecule has 0 aliphatic carbocycles. The number of hydrogen-bond donors (Lipinski definition) is 1. The van der Waals surface area contributed by atoms with E-state index in [4.69, 9.17) is 28.3 Å². The first-order chi connectivity index (χ1) is 9.70. The van der Waals surface area contributed by atoms with Crippen LogP contribution < -0.4 is 0 Å². The Bertz CT molecular complexity index is 662. The SMILES string of the molecule is C[C@@H]1CN(S(=O)(=O)Cc2ccc(Cl)c(Cl)c2)C[C@H]1C(=O)O. The largest absolute Gasteiger partial charge is 0.481 e. The van der Waals surface area contributed by atoms with Gasteiger partial charge < -0.3 is 5.11 Å². The Hall–Kier alpha value is -0.820. The maximum atomic E-state index is 12.4. The van der Waals surface area contributed by atoms with E-state index >= 15 is 0 Å². The van der Waals surface area contributed by atoms with Crippen LogP contribution in [0.5, 0.6) is 0 Å². The van der Waals surface area contributed by atoms with Crippen LogP contribution in [0.2, 0.25) is 10.0 Å². The van der Waals surface area contributed by atoms with Gasteiger partial charge in [-0.25, -0.2) is 12.7 Å². The number of benzene rings is 1. The van der Waals surface area contributed by atoms with Gasteiger partial charge in [-0.2, -0.15) is 0 Å². The molecule has 1 saturated heterocycles. The zero-order valence-electron chi connectivity index (χ0n) is 11.3. The third-order valence-corrected chi connectivity index (χ3v) is 6.14. The maximum Gasteiger partial charge on any atom is 0.308 e. The van der Waals surface area contributed by atoms with Gasteiger partial charge in [0.15, 0.2) is 0 Å². The number of aliphatic carboxylic acids is 1. The smallest absolute Gasteiger partial charge is 0.308 e. The van der Waals surface area contributed by atoms with Crippen molar-refractivity contribution in [1.29, 1.82) is 0 Å². The summed E-state index contributed by atoms with van der Waals surface area (Å²) in [5.41, 5.74) is 0.524. The van der Waals surface area contributed by atoms with Crippen molar-refractivity contribution >= 4 is 39.2 Å². The molecule has 0 spiro atoms. The minimum atomic E-state index is -3.57. The van der Waals surface area contributed by atoms with Gasteiger partial charge in [0.1, 0.15) is 0 Å². The number of rotatable bonds is 4. The van der Waals surface area contributed by atoms with Gasteiger partial charge in [0.2, 0.25) is 10.0 Å². The summed E-state index contributed by atoms with van der Waals surface area (Å²) in [7, 11) is -3.57. The van der Waals surface area contributed by atoms with Crippen molar-refractivity contribution in [3.05, 3.63) is 33.8 Å². The minimum Gasteiger partial charge on any atom is -0.481 e. The van der Waals surface area contributed by atoms with Crippen molar-refractivity contribution in [3.8, 4) is 0 Å². The Morgan fingerprint density at radius 3 is 2.52 bits per heavy atom. The average Bonchev–Trinajstić information content (AvgIpc) is 2.77. The fraction of sp³-hybridized carbons (Fsp3) is 0.462. The fourth-order valence-electron chi connectivity index (χ4n) is 2.40. The second kappa shape index (κ2) is 6.12. The lowest BCUT2D eigenvalue weighted by Gasteiger charge is -2.16. The van der Waals surface area contributed by atoms with Crippen molar-refractivity contribution in [2.45, 2.75) is 12.7 Å². The molecule has 0 unspecified atom stereocenters. The van der Waals surface area contributed by atoms with E-state index in [0.717, 1.165) is 0 Å². The van der Waals surface area contributed by atoms with Gasteiger partial charge in [-0.1, -0.05) is 36.2 Å². The number of nitrogens with zero attached hydrogens (tertiary/aromatic N) is 1. The summed E-state index contributed by atoms with van der Waals surface area (Å²) in [6.45, 7) is 1.98. The van der Waals surface area contributed by atoms with Crippen LogP contribution in [0.1, 0.15) is 12.5 Å². The minimum absolute atomic E-state index is 0.0140. The summed E-state index contributed by atoms with van der Waals surface area (Å²) < 4.78 is 26.0. The van der Waals surface area contributed by atoms with E-state index in [1.54, 1.807) is 19.1 Å². The Morgan fingerprint density at radius 2 is 2.00 bits per heavy atom. The predicted octanol–water partition coefficient (Wildman–Crippen LogP) is 2.48. The third-order valence-electron chi connectivity index (χ3n) is 3.62. The molecule has 1 fully saturated rings. The van der Waals surface area contributed by atoms with E-state index in [9.17, 15) is 13.2 Å². The molecule has 5 nitrogen and oxygen atoms in total. The first-order valence-electron chi connectivity index (χ1n) is 6.35. The Kier molecular flexibility index (Phi) is 4.82. The first-order valence-corrected chi connectivity index (χ1v) is 8.72. The highest BCUT2D eigenvalue weighted by Crippen LogP contribution is 2.28. The molecule has 2 atom stereocenters. The normalized spacial score (nSPS) is 23.4. The van der Waals surface area contributed by atoms with Crippen LogP contribution in [0.15, 0.2) is 18.2 Å². The van der Waals surface area contributed by atoms with Crippen LogP contribution in [0.4, 0.5) is 0 Å². The molecule has 1 aromatic carbocycles. The molecule has 1 heterocycles. The van der Waals surface area contributed by atoms with Crippen molar-refractivity contribution in [1.82, 2.24) is 4.31 Å². The highest BCUT2D eigenvalue weighted by molar-refractivity contribution is 7.88. The lowest BCUT2D eigenvalue weighted by molar-refractivity contribution is -0.142. The summed E-state index contributed by atoms with van der Waals surface area (Å²) in [6.07, 6.45) is 0. The summed E-state index contributed by atoms with van der Waals surface area (Å²) >= 11 is 11.7. The molecule has 21 heavy (non-hydrogen) atoms. The number of sulfonamides is 1. The van der Waals surface area contributed by atoms with E-state index in [0.29, 0.717) is 15.6 Å². The molecule has 1 N–H and O–H groups in total. The maximum absolute atomic E-state index is 12.4. The molecule has 0 radical (unpaired) electrons. The monoisotopic (exact) mass is 351 g/mol. The number of carbonyl (C=O) groups is 1. The van der Waals surface area contributed by atoms with Crippen molar-refractivity contribution in [2.24, 2.45) is 11.8 Å². The molecule has 8 heteroatoms. The first kappa shape index (κ1) is 16.5. The summed E-state index contributed by atoms with van der Waals surface area (Å²) in [4.78, 5) is 11.1. The van der Waals surface area contributed by atoms with Gasteiger partial charge in [-0.3, -0.25) is 4.79 Å². The molecule has 1 aromatic rings. The molecule has 0 saturated carbocycles. The molecule has 0 aromatic heterocycles. The van der Waals surface area contributed by atoms with Crippen molar-refractivity contribution in [2.75, 3.05) is 13.1 Å². The highest BCUT2D eigenvalue weighted by Gasteiger charge is 2.39. The number of carboxylic acid groups (broad SMARTS) is 1. The van der Waals surface area contributed by atoms with Gasteiger partial charge in [-0.15, -0.1) is 0 Å². The van der Waals surface area contributed by atoms with Gasteiger partial charge in [0, 0.05) is 13.1 Å². The second-order valence-electron chi connectivity index (χ2n) is 5.24. The number of hydrogen-bond acceptors (Lipinski definition) is 3. The van der Waals surface area contributed by atoms with Gasteiger partial charge >= 0.3 is 5.97 Å². The summed E-state index contributed by atoms with van der Waals surface area (Å²) in [5.74, 6) is -2.04. The van der Waals surface area contributed by atoms with Gasteiger partial charge in [0.05, 0.1) is 21.7 Å². The standard InChI is InChI=1S/C13H15Cl2NO4S/c1-8-5-16(6-10(8)13(17)18)21(19,20)7-9-2-3-11(14)12(15)4-9/h2-4,8,10H,5-7H2,1H3,(H,17,18)/t8-,10-/m1/s1. The molecule has 1 aliphatic rings. The van der Waals surface area contributed by atoms with Crippen LogP contribution in [0.3, 0.4) is 0 Å². The Labute approximate surface area is 133 Å². The summed E-state index contributed by atoms with van der Waals surface area (Å²) in [5, 5.41) is 9.72. The summed E-state index contributed by atoms with van der Waals surface area (Å²) in [6, 6.07) is 4.65. The van der Waals surface area contributed by atoms with E-state index < -0.39 is 21.9 Å². The zero-order valence-corrected chi connectivity index (χ0v) is 13.6. The predicted molar refractivity (Wildman–Crippen MR) is 80.9 cm³/mol. The number of carboxylic acids is 1. The highest BCUT2D eigenvalue weighted by atomic mass is 35.5. The zero-order chi connectivity index (χ0) is 15.8. The molecular weight excluding hydrogens is 337 g/mol. The lowest BCUT2D eigenvalue weighted by Crippen LogP contribution is -2.31. The molecule has 1 aliphatic heterocycles. The van der Waals surface area contributed by atoms with Crippen molar-refractivity contribution < 1.29 is 18.3 Å². The van der Waals surface area contributed by atoms with Crippen LogP contribution in [0.25, 0.3) is 0 Å². The van der Waals surface area contributed by atoms with E-state index in [2.05, 4.69) is 0 Å². The quantitative estimate of drug-likeness (QED) is 0.903. The van der Waals surface area contributed by atoms with Gasteiger partial charge in [0.25, 0.3) is 0 Å². The van der Waals surface area contributed by atoms with Gasteiger partial charge in [-0.05, 0) is 23.6 Å². The average molecular weight is 352 g/mol. The topological polar surface area (TPSA) is 74.7 Å². The van der Waals surface area contributed by atoms with E-state index in [1.165, 1.54) is 10.4 Å². The number of halogens is 2. The third kappa shape index (κ3) is 3.69. The molecule has 0 amide bonds. The lowest BCUT2D eigenvalue weighted by atomic mass is 9.99. The van der Waals surface area contributed by atoms with Crippen LogP contribution >= 0.6 is 23.2 Å². The van der Waals surface area contributed by atoms with Crippen LogP contribution in [-0.4, -0.2) is 36.9 Å². The van der Waals surface area contributed by atoms with E-state index in [-0.39, 0.29) is 24.8 Å². The Balaban J connectivity index is 2.16. The fourth-order valence-corrected chi connectivity index (χ4v) is 4.36. The Morgan fingerprint density at radius 1 is 1.33 bits per heavy atom. The molecule has 0 bridgehead atoms. The molecular formula is C13H15Cl2NO4S. The van der Waals surface area contributed by atoms with Crippen LogP contribution in [0, 0.1) is 11.8 Å². The van der Waals surface area contributed by atoms with Crippen molar-refractivity contribution in [3.63, 3.8) is 0 Å². The molecule has 2 rings (SSSR count).